The number of amidine groups is 1. The summed E-state index contributed by atoms with van der Waals surface area (Å²) in [6.07, 6.45) is -2.26. The Morgan fingerprint density at radius 3 is 2.66 bits per heavy atom. The van der Waals surface area contributed by atoms with Crippen LogP contribution in [0.15, 0.2) is 52.8 Å². The second kappa shape index (κ2) is 8.43. The van der Waals surface area contributed by atoms with Crippen LogP contribution in [-0.4, -0.2) is 38.6 Å². The van der Waals surface area contributed by atoms with Crippen molar-refractivity contribution in [2.75, 3.05) is 0 Å². The van der Waals surface area contributed by atoms with Crippen LogP contribution >= 0.6 is 11.8 Å². The van der Waals surface area contributed by atoms with Gasteiger partial charge >= 0.3 is 12.1 Å². The van der Waals surface area contributed by atoms with Crippen molar-refractivity contribution in [3.63, 3.8) is 0 Å². The number of aliphatic carboxylic acids is 1. The van der Waals surface area contributed by atoms with Crippen LogP contribution in [0.5, 0.6) is 0 Å². The van der Waals surface area contributed by atoms with Crippen molar-refractivity contribution < 1.29 is 27.9 Å². The zero-order valence-electron chi connectivity index (χ0n) is 14.6. The first-order valence-corrected chi connectivity index (χ1v) is 9.04. The number of carbonyl (C=O) groups is 2. The highest BCUT2D eigenvalue weighted by Gasteiger charge is 2.32. The van der Waals surface area contributed by atoms with Crippen molar-refractivity contribution in [1.82, 2.24) is 10.3 Å². The van der Waals surface area contributed by atoms with Crippen LogP contribution in [0.4, 0.5) is 13.2 Å². The first-order chi connectivity index (χ1) is 13.7. The van der Waals surface area contributed by atoms with Crippen molar-refractivity contribution >= 4 is 35.0 Å². The van der Waals surface area contributed by atoms with Crippen LogP contribution in [0.2, 0.25) is 0 Å². The molecule has 0 aliphatic carbocycles. The van der Waals surface area contributed by atoms with Gasteiger partial charge in [-0.15, -0.1) is 5.10 Å². The predicted octanol–water partition coefficient (Wildman–Crippen LogP) is 3.16. The van der Waals surface area contributed by atoms with E-state index in [4.69, 9.17) is 5.11 Å². The van der Waals surface area contributed by atoms with Crippen LogP contribution in [0.25, 0.3) is 11.3 Å². The van der Waals surface area contributed by atoms with E-state index in [-0.39, 0.29) is 17.3 Å². The third kappa shape index (κ3) is 5.41. The van der Waals surface area contributed by atoms with Gasteiger partial charge in [-0.25, -0.2) is 0 Å². The molecule has 0 saturated carbocycles. The van der Waals surface area contributed by atoms with E-state index >= 15 is 0 Å². The molecule has 1 atom stereocenters. The topological polar surface area (TPSA) is 104 Å². The summed E-state index contributed by atoms with van der Waals surface area (Å²) in [5, 5.41) is 18.3. The average molecular weight is 422 g/mol. The quantitative estimate of drug-likeness (QED) is 0.569. The van der Waals surface area contributed by atoms with Gasteiger partial charge in [-0.1, -0.05) is 36.0 Å². The summed E-state index contributed by atoms with van der Waals surface area (Å²) in [6, 6.07) is 8.36. The predicted molar refractivity (Wildman–Crippen MR) is 101 cm³/mol. The van der Waals surface area contributed by atoms with E-state index in [0.29, 0.717) is 11.1 Å². The fourth-order valence-corrected chi connectivity index (χ4v) is 3.31. The maximum atomic E-state index is 12.8. The van der Waals surface area contributed by atoms with Gasteiger partial charge in [0.1, 0.15) is 5.25 Å². The fourth-order valence-electron chi connectivity index (χ4n) is 2.40. The Kier molecular flexibility index (Phi) is 5.97. The molecular formula is C18H13F3N4O3S. The lowest BCUT2D eigenvalue weighted by atomic mass is 10.1. The number of carbonyl (C=O) groups excluding carboxylic acids is 1. The molecule has 1 aliphatic heterocycles. The normalized spacial score (nSPS) is 18.4. The van der Waals surface area contributed by atoms with Crippen molar-refractivity contribution in [1.29, 1.82) is 0 Å². The van der Waals surface area contributed by atoms with Gasteiger partial charge in [0.05, 0.1) is 23.9 Å². The smallest absolute Gasteiger partial charge is 0.416 e. The Morgan fingerprint density at radius 2 is 2.00 bits per heavy atom. The Balaban J connectivity index is 1.67. The lowest BCUT2D eigenvalue weighted by Crippen LogP contribution is -2.26. The van der Waals surface area contributed by atoms with Gasteiger partial charge < -0.3 is 10.4 Å². The fraction of sp³-hybridized carbons (Fsp3) is 0.167. The van der Waals surface area contributed by atoms with Gasteiger partial charge in [0.15, 0.2) is 5.17 Å². The van der Waals surface area contributed by atoms with Crippen molar-refractivity contribution in [2.45, 2.75) is 17.8 Å². The number of carboxylic acid groups (broad SMARTS) is 1. The maximum absolute atomic E-state index is 12.8. The number of benzene rings is 1. The molecule has 1 aliphatic rings. The summed E-state index contributed by atoms with van der Waals surface area (Å²) in [6.45, 7) is 0. The number of thioether (sulfide) groups is 1. The molecule has 11 heteroatoms. The molecule has 2 aromatic rings. The molecule has 7 nitrogen and oxygen atoms in total. The number of alkyl halides is 3. The Labute approximate surface area is 166 Å². The van der Waals surface area contributed by atoms with Gasteiger partial charge in [0.25, 0.3) is 0 Å². The summed E-state index contributed by atoms with van der Waals surface area (Å²) in [5.74, 6) is -1.53. The number of halogens is 3. The van der Waals surface area contributed by atoms with Crippen molar-refractivity contribution in [3.8, 4) is 11.3 Å². The average Bonchev–Trinajstić information content (AvgIpc) is 3.00. The number of hydrogen-bond donors (Lipinski definition) is 2. The number of nitrogens with zero attached hydrogens (tertiary/aromatic N) is 3. The number of pyridine rings is 1. The molecule has 150 valence electrons. The molecule has 0 bridgehead atoms. The van der Waals surface area contributed by atoms with Crippen LogP contribution in [-0.2, 0) is 15.8 Å². The summed E-state index contributed by atoms with van der Waals surface area (Å²) >= 11 is 0.980. The third-order valence-corrected chi connectivity index (χ3v) is 4.86. The molecule has 1 fully saturated rings. The minimum atomic E-state index is -4.44. The monoisotopic (exact) mass is 422 g/mol. The Hall–Kier alpha value is -3.21. The lowest BCUT2D eigenvalue weighted by molar-refractivity contribution is -0.138. The summed E-state index contributed by atoms with van der Waals surface area (Å²) < 4.78 is 38.4. The van der Waals surface area contributed by atoms with Gasteiger partial charge in [0, 0.05) is 11.8 Å². The first-order valence-electron chi connectivity index (χ1n) is 8.16. The molecule has 1 aromatic heterocycles. The molecule has 2 heterocycles. The van der Waals surface area contributed by atoms with Gasteiger partial charge in [-0.05, 0) is 17.7 Å². The van der Waals surface area contributed by atoms with Crippen LogP contribution < -0.4 is 5.32 Å². The second-order valence-electron chi connectivity index (χ2n) is 5.89. The number of aromatic nitrogens is 1. The summed E-state index contributed by atoms with van der Waals surface area (Å²) in [5.41, 5.74) is 0.551. The number of nitrogens with one attached hydrogen (secondary N) is 1. The molecule has 0 spiro atoms. The van der Waals surface area contributed by atoms with Crippen molar-refractivity contribution in [3.05, 3.63) is 53.7 Å². The molecule has 2 N–H and O–H groups in total. The number of rotatable bonds is 5. The number of hydrogen-bond acceptors (Lipinski definition) is 6. The molecule has 1 unspecified atom stereocenters. The molecular weight excluding hydrogens is 409 g/mol. The van der Waals surface area contributed by atoms with Gasteiger partial charge in [-0.2, -0.15) is 18.3 Å². The van der Waals surface area contributed by atoms with E-state index in [2.05, 4.69) is 20.5 Å². The molecule has 1 amide bonds. The minimum Gasteiger partial charge on any atom is -0.481 e. The van der Waals surface area contributed by atoms with Crippen LogP contribution in [0.3, 0.4) is 0 Å². The minimum absolute atomic E-state index is 0.193. The number of carboxylic acids is 1. The van der Waals surface area contributed by atoms with Crippen LogP contribution in [0.1, 0.15) is 17.5 Å². The number of amides is 1. The lowest BCUT2D eigenvalue weighted by Gasteiger charge is -2.08. The van der Waals surface area contributed by atoms with E-state index in [9.17, 15) is 22.8 Å². The zero-order chi connectivity index (χ0) is 21.0. The van der Waals surface area contributed by atoms with E-state index in [1.54, 1.807) is 24.3 Å². The van der Waals surface area contributed by atoms with Gasteiger partial charge in [-0.3, -0.25) is 14.6 Å². The molecule has 1 saturated heterocycles. The van der Waals surface area contributed by atoms with E-state index in [1.165, 1.54) is 6.21 Å². The van der Waals surface area contributed by atoms with Crippen LogP contribution in [0, 0.1) is 0 Å². The van der Waals surface area contributed by atoms with Crippen molar-refractivity contribution in [2.24, 2.45) is 10.2 Å². The first kappa shape index (κ1) is 20.5. The Morgan fingerprint density at radius 1 is 1.28 bits per heavy atom. The highest BCUT2D eigenvalue weighted by Crippen LogP contribution is 2.31. The largest absolute Gasteiger partial charge is 0.481 e. The second-order valence-corrected chi connectivity index (χ2v) is 7.08. The molecule has 3 rings (SSSR count). The summed E-state index contributed by atoms with van der Waals surface area (Å²) in [7, 11) is 0. The third-order valence-electron chi connectivity index (χ3n) is 3.79. The highest BCUT2D eigenvalue weighted by molar-refractivity contribution is 8.15. The molecule has 1 aromatic carbocycles. The maximum Gasteiger partial charge on any atom is 0.416 e. The van der Waals surface area contributed by atoms with E-state index in [0.717, 1.165) is 30.1 Å². The van der Waals surface area contributed by atoms with E-state index in [1.807, 2.05) is 0 Å². The standard InChI is InChI=1S/C18H13F3N4O3S/c19-18(20,21)12-5-6-22-13(7-12)11-3-1-10(2-4-11)9-23-25-17-24-16(28)14(29-17)8-15(26)27/h1-7,9,14H,8H2,(H,26,27)(H,24,25,28). The zero-order valence-corrected chi connectivity index (χ0v) is 15.4. The van der Waals surface area contributed by atoms with Gasteiger partial charge in [0.2, 0.25) is 5.91 Å². The van der Waals surface area contributed by atoms with E-state index < -0.39 is 28.9 Å². The molecule has 0 radical (unpaired) electrons. The highest BCUT2D eigenvalue weighted by atomic mass is 32.2. The SMILES string of the molecule is O=C(O)CC1SC(=NN=Cc2ccc(-c3cc(C(F)(F)F)ccn3)cc2)NC1=O. The Bertz CT molecular complexity index is 991. The molecule has 29 heavy (non-hydrogen) atoms. The summed E-state index contributed by atoms with van der Waals surface area (Å²) in [4.78, 5) is 26.3.